The number of methoxy groups -OCH3 is 1. The topological polar surface area (TPSA) is 64.9 Å². The van der Waals surface area contributed by atoms with Crippen molar-refractivity contribution in [2.45, 2.75) is 44.8 Å². The number of rotatable bonds is 4. The van der Waals surface area contributed by atoms with Gasteiger partial charge in [0.25, 0.3) is 0 Å². The minimum Gasteiger partial charge on any atom is -0.382 e. The van der Waals surface area contributed by atoms with Gasteiger partial charge in [-0.3, -0.25) is 0 Å². The van der Waals surface area contributed by atoms with Gasteiger partial charge in [-0.25, -0.2) is 0 Å². The van der Waals surface area contributed by atoms with Crippen molar-refractivity contribution >= 4 is 5.69 Å². The van der Waals surface area contributed by atoms with Crippen LogP contribution >= 0.6 is 0 Å². The Bertz CT molecular complexity index is 597. The molecule has 1 heterocycles. The Balaban J connectivity index is 1.73. The summed E-state index contributed by atoms with van der Waals surface area (Å²) in [6.07, 6.45) is 5.00. The number of hydrogen-bond donors (Lipinski definition) is 1. The van der Waals surface area contributed by atoms with Crippen LogP contribution in [0.1, 0.15) is 31.5 Å². The highest BCUT2D eigenvalue weighted by atomic mass is 16.5. The number of benzene rings is 1. The molecule has 21 heavy (non-hydrogen) atoms. The van der Waals surface area contributed by atoms with E-state index in [-0.39, 0.29) is 0 Å². The highest BCUT2D eigenvalue weighted by Crippen LogP contribution is 2.24. The molecule has 2 aromatic rings. The molecule has 1 fully saturated rings. The molecule has 1 N–H and O–H groups in total. The molecule has 2 unspecified atom stereocenters. The van der Waals surface area contributed by atoms with E-state index in [9.17, 15) is 0 Å². The van der Waals surface area contributed by atoms with Crippen LogP contribution in [0.5, 0.6) is 0 Å². The molecule has 0 saturated heterocycles. The van der Waals surface area contributed by atoms with Crippen molar-refractivity contribution in [2.75, 3.05) is 12.4 Å². The van der Waals surface area contributed by atoms with Crippen molar-refractivity contribution in [3.63, 3.8) is 0 Å². The number of ether oxygens (including phenoxy) is 1. The number of aryl methyl sites for hydroxylation is 1. The van der Waals surface area contributed by atoms with Crippen molar-refractivity contribution in [1.82, 2.24) is 20.2 Å². The normalized spacial score (nSPS) is 22.2. The van der Waals surface area contributed by atoms with Crippen molar-refractivity contribution in [2.24, 2.45) is 0 Å². The van der Waals surface area contributed by atoms with Gasteiger partial charge in [-0.15, -0.1) is 5.10 Å². The van der Waals surface area contributed by atoms with E-state index in [0.717, 1.165) is 23.6 Å². The summed E-state index contributed by atoms with van der Waals surface area (Å²) in [6, 6.07) is 8.66. The van der Waals surface area contributed by atoms with Crippen LogP contribution in [0.2, 0.25) is 0 Å². The van der Waals surface area contributed by atoms with Crippen LogP contribution in [0.3, 0.4) is 0 Å². The van der Waals surface area contributed by atoms with E-state index in [1.807, 2.05) is 19.1 Å². The number of tetrazole rings is 1. The van der Waals surface area contributed by atoms with Crippen molar-refractivity contribution < 1.29 is 4.74 Å². The summed E-state index contributed by atoms with van der Waals surface area (Å²) in [7, 11) is 1.80. The molecule has 2 atom stereocenters. The Morgan fingerprint density at radius 1 is 1.33 bits per heavy atom. The molecule has 0 bridgehead atoms. The van der Waals surface area contributed by atoms with Crippen LogP contribution in [0.25, 0.3) is 5.69 Å². The lowest BCUT2D eigenvalue weighted by Crippen LogP contribution is -2.31. The average Bonchev–Trinajstić information content (AvgIpc) is 2.94. The van der Waals surface area contributed by atoms with Gasteiger partial charge in [0.2, 0.25) is 0 Å². The maximum Gasteiger partial charge on any atom is 0.153 e. The van der Waals surface area contributed by atoms with Gasteiger partial charge in [-0.1, -0.05) is 6.07 Å². The van der Waals surface area contributed by atoms with Crippen molar-refractivity contribution in [1.29, 1.82) is 0 Å². The minimum absolute atomic E-state index is 0.376. The fourth-order valence-corrected chi connectivity index (χ4v) is 2.92. The van der Waals surface area contributed by atoms with Gasteiger partial charge in [0, 0.05) is 18.8 Å². The second-order valence-corrected chi connectivity index (χ2v) is 5.55. The quantitative estimate of drug-likeness (QED) is 0.935. The third-order valence-electron chi connectivity index (χ3n) is 4.05. The number of anilines is 1. The van der Waals surface area contributed by atoms with Gasteiger partial charge in [-0.05, 0) is 61.2 Å². The van der Waals surface area contributed by atoms with Crippen molar-refractivity contribution in [3.8, 4) is 5.69 Å². The van der Waals surface area contributed by atoms with Crippen LogP contribution in [0.4, 0.5) is 5.69 Å². The fourth-order valence-electron chi connectivity index (χ4n) is 2.92. The maximum atomic E-state index is 5.49. The van der Waals surface area contributed by atoms with Crippen LogP contribution < -0.4 is 5.32 Å². The van der Waals surface area contributed by atoms with Crippen molar-refractivity contribution in [3.05, 3.63) is 30.1 Å². The van der Waals surface area contributed by atoms with E-state index >= 15 is 0 Å². The summed E-state index contributed by atoms with van der Waals surface area (Å²) in [6.45, 7) is 1.89. The van der Waals surface area contributed by atoms with Gasteiger partial charge in [0.1, 0.15) is 0 Å². The van der Waals surface area contributed by atoms with Crippen LogP contribution in [0, 0.1) is 6.92 Å². The van der Waals surface area contributed by atoms with E-state index in [2.05, 4.69) is 33.0 Å². The number of hydrogen-bond acceptors (Lipinski definition) is 5. The maximum absolute atomic E-state index is 5.49. The molecule has 1 aromatic carbocycles. The zero-order chi connectivity index (χ0) is 14.7. The number of nitrogens with one attached hydrogen (secondary N) is 1. The van der Waals surface area contributed by atoms with Gasteiger partial charge < -0.3 is 10.1 Å². The molecule has 0 radical (unpaired) electrons. The summed E-state index contributed by atoms with van der Waals surface area (Å²) in [5.41, 5.74) is 2.07. The first-order valence-electron chi connectivity index (χ1n) is 7.41. The summed E-state index contributed by atoms with van der Waals surface area (Å²) >= 11 is 0. The predicted molar refractivity (Wildman–Crippen MR) is 80.6 cm³/mol. The summed E-state index contributed by atoms with van der Waals surface area (Å²) in [5, 5.41) is 15.2. The first-order chi connectivity index (χ1) is 10.3. The molecule has 0 amide bonds. The molecule has 6 nitrogen and oxygen atoms in total. The largest absolute Gasteiger partial charge is 0.382 e. The lowest BCUT2D eigenvalue weighted by molar-refractivity contribution is 0.0669. The lowest BCUT2D eigenvalue weighted by Gasteiger charge is -2.29. The first-order valence-corrected chi connectivity index (χ1v) is 7.41. The van der Waals surface area contributed by atoms with Crippen LogP contribution in [0.15, 0.2) is 24.3 Å². The third-order valence-corrected chi connectivity index (χ3v) is 4.05. The molecule has 1 aliphatic rings. The van der Waals surface area contributed by atoms with Gasteiger partial charge in [0.15, 0.2) is 5.82 Å². The van der Waals surface area contributed by atoms with Gasteiger partial charge in [0.05, 0.1) is 11.8 Å². The third kappa shape index (κ3) is 3.21. The van der Waals surface area contributed by atoms with E-state index in [1.54, 1.807) is 11.8 Å². The van der Waals surface area contributed by atoms with Gasteiger partial charge >= 0.3 is 0 Å². The monoisotopic (exact) mass is 287 g/mol. The Hall–Kier alpha value is -1.95. The molecule has 0 aliphatic heterocycles. The Morgan fingerprint density at radius 2 is 2.24 bits per heavy atom. The molecule has 1 aromatic heterocycles. The zero-order valence-corrected chi connectivity index (χ0v) is 12.5. The zero-order valence-electron chi connectivity index (χ0n) is 12.5. The predicted octanol–water partition coefficient (Wildman–Crippen LogP) is 2.34. The van der Waals surface area contributed by atoms with E-state index in [0.29, 0.717) is 12.1 Å². The smallest absolute Gasteiger partial charge is 0.153 e. The second kappa shape index (κ2) is 6.22. The van der Waals surface area contributed by atoms with E-state index < -0.39 is 0 Å². The molecule has 3 rings (SSSR count). The molecular formula is C15H21N5O. The standard InChI is InChI=1S/C15H21N5O/c1-11-17-18-19-20(11)14-7-3-5-12(9-14)16-13-6-4-8-15(10-13)21-2/h3,5,7,9,13,15-16H,4,6,8,10H2,1-2H3. The molecule has 0 spiro atoms. The fraction of sp³-hybridized carbons (Fsp3) is 0.533. The summed E-state index contributed by atoms with van der Waals surface area (Å²) in [5.74, 6) is 0.782. The molecule has 1 aliphatic carbocycles. The van der Waals surface area contributed by atoms with Gasteiger partial charge in [-0.2, -0.15) is 4.68 Å². The first kappa shape index (κ1) is 14.0. The van der Waals surface area contributed by atoms with E-state index in [1.165, 1.54) is 19.3 Å². The Labute approximate surface area is 124 Å². The lowest BCUT2D eigenvalue weighted by atomic mass is 9.92. The highest BCUT2D eigenvalue weighted by Gasteiger charge is 2.21. The molecule has 112 valence electrons. The summed E-state index contributed by atoms with van der Waals surface area (Å²) < 4.78 is 7.23. The summed E-state index contributed by atoms with van der Waals surface area (Å²) in [4.78, 5) is 0. The second-order valence-electron chi connectivity index (χ2n) is 5.55. The molecule has 6 heteroatoms. The van der Waals surface area contributed by atoms with Crippen LogP contribution in [-0.4, -0.2) is 39.5 Å². The average molecular weight is 287 g/mol. The minimum atomic E-state index is 0.376. The number of aromatic nitrogens is 4. The molecule has 1 saturated carbocycles. The van der Waals surface area contributed by atoms with E-state index in [4.69, 9.17) is 4.74 Å². The Kier molecular flexibility index (Phi) is 4.15. The highest BCUT2D eigenvalue weighted by molar-refractivity contribution is 5.51. The number of nitrogens with zero attached hydrogens (tertiary/aromatic N) is 4. The molecular weight excluding hydrogens is 266 g/mol. The Morgan fingerprint density at radius 3 is 3.00 bits per heavy atom. The SMILES string of the molecule is COC1CCCC(Nc2cccc(-n3nnnc3C)c2)C1. The van der Waals surface area contributed by atoms with Crippen LogP contribution in [-0.2, 0) is 4.74 Å².